The number of guanidine groups is 1. The predicted octanol–water partition coefficient (Wildman–Crippen LogP) is 1.85. The number of ether oxygens (including phenoxy) is 1. The molecule has 1 saturated carbocycles. The van der Waals surface area contributed by atoms with Gasteiger partial charge >= 0.3 is 0 Å². The molecule has 0 amide bonds. The van der Waals surface area contributed by atoms with Gasteiger partial charge in [0.2, 0.25) is 0 Å². The number of rotatable bonds is 11. The Hall–Kier alpha value is -1.67. The van der Waals surface area contributed by atoms with Crippen LogP contribution in [-0.4, -0.2) is 71.1 Å². The molecule has 0 aromatic carbocycles. The number of aromatic nitrogens is 3. The van der Waals surface area contributed by atoms with Gasteiger partial charge < -0.3 is 19.9 Å². The van der Waals surface area contributed by atoms with E-state index in [0.717, 1.165) is 56.9 Å². The Balaban J connectivity index is 1.58. The molecule has 0 radical (unpaired) electrons. The molecule has 0 spiro atoms. The van der Waals surface area contributed by atoms with Crippen molar-refractivity contribution in [3.63, 3.8) is 0 Å². The lowest BCUT2D eigenvalue weighted by molar-refractivity contribution is 0.128. The van der Waals surface area contributed by atoms with E-state index in [1.807, 2.05) is 18.5 Å². The van der Waals surface area contributed by atoms with Crippen LogP contribution in [0.15, 0.2) is 4.99 Å². The maximum absolute atomic E-state index is 5.58. The van der Waals surface area contributed by atoms with Gasteiger partial charge in [0.25, 0.3) is 0 Å². The van der Waals surface area contributed by atoms with Gasteiger partial charge in [0, 0.05) is 39.4 Å². The van der Waals surface area contributed by atoms with E-state index in [1.165, 1.54) is 32.2 Å². The summed E-state index contributed by atoms with van der Waals surface area (Å²) in [5.74, 6) is 2.68. The summed E-state index contributed by atoms with van der Waals surface area (Å²) in [6.45, 7) is 12.7. The molecule has 1 aliphatic heterocycles. The normalized spacial score (nSPS) is 21.5. The second kappa shape index (κ2) is 10.4. The summed E-state index contributed by atoms with van der Waals surface area (Å²) in [6.07, 6.45) is 6.22. The molecule has 2 fully saturated rings. The fourth-order valence-corrected chi connectivity index (χ4v) is 4.07. The van der Waals surface area contributed by atoms with Crippen molar-refractivity contribution < 1.29 is 4.74 Å². The van der Waals surface area contributed by atoms with Gasteiger partial charge in [0.1, 0.15) is 12.4 Å². The average Bonchev–Trinajstić information content (AvgIpc) is 3.22. The van der Waals surface area contributed by atoms with Crippen LogP contribution in [0.1, 0.15) is 57.6 Å². The van der Waals surface area contributed by atoms with Crippen LogP contribution in [-0.2, 0) is 18.3 Å². The minimum atomic E-state index is 0.377. The molecule has 1 aromatic rings. The van der Waals surface area contributed by atoms with E-state index >= 15 is 0 Å². The van der Waals surface area contributed by atoms with Gasteiger partial charge in [-0.3, -0.25) is 4.90 Å². The molecule has 1 aliphatic carbocycles. The maximum Gasteiger partial charge on any atom is 0.191 e. The number of hydrogen-bond donors (Lipinski definition) is 2. The highest BCUT2D eigenvalue weighted by atomic mass is 16.5. The molecule has 164 valence electrons. The van der Waals surface area contributed by atoms with Gasteiger partial charge in [-0.1, -0.05) is 6.92 Å². The molecule has 8 nitrogen and oxygen atoms in total. The first kappa shape index (κ1) is 22.0. The summed E-state index contributed by atoms with van der Waals surface area (Å²) < 4.78 is 7.58. The molecule has 3 rings (SSSR count). The largest absolute Gasteiger partial charge is 0.382 e. The molecule has 1 atom stereocenters. The third-order valence-corrected chi connectivity index (χ3v) is 6.54. The number of nitrogens with zero attached hydrogens (tertiary/aromatic N) is 5. The molecular formula is C21H39N7O. The van der Waals surface area contributed by atoms with Crippen molar-refractivity contribution in [1.82, 2.24) is 30.3 Å². The monoisotopic (exact) mass is 405 g/mol. The first-order valence-corrected chi connectivity index (χ1v) is 11.3. The fraction of sp³-hybridized carbons (Fsp3) is 0.857. The van der Waals surface area contributed by atoms with Crippen molar-refractivity contribution in [2.24, 2.45) is 17.5 Å². The van der Waals surface area contributed by atoms with E-state index in [-0.39, 0.29) is 0 Å². The maximum atomic E-state index is 5.58. The number of aliphatic imine (C=N–C) groups is 1. The summed E-state index contributed by atoms with van der Waals surface area (Å²) in [6, 6.07) is 0.594. The third kappa shape index (κ3) is 6.15. The smallest absolute Gasteiger partial charge is 0.191 e. The van der Waals surface area contributed by atoms with E-state index in [0.29, 0.717) is 18.0 Å². The Morgan fingerprint density at radius 1 is 1.28 bits per heavy atom. The highest BCUT2D eigenvalue weighted by Crippen LogP contribution is 2.48. The van der Waals surface area contributed by atoms with Crippen LogP contribution >= 0.6 is 0 Å². The molecule has 1 unspecified atom stereocenters. The zero-order valence-electron chi connectivity index (χ0n) is 18.7. The van der Waals surface area contributed by atoms with Crippen LogP contribution in [0.2, 0.25) is 0 Å². The lowest BCUT2D eigenvalue weighted by Gasteiger charge is -2.25. The summed E-state index contributed by atoms with van der Waals surface area (Å²) in [4.78, 5) is 7.39. The van der Waals surface area contributed by atoms with Gasteiger partial charge in [-0.15, -0.1) is 10.2 Å². The van der Waals surface area contributed by atoms with Crippen LogP contribution in [0.4, 0.5) is 0 Å². The Morgan fingerprint density at radius 3 is 2.76 bits per heavy atom. The number of likely N-dealkylation sites (N-methyl/N-ethyl adjacent to an activating group) is 1. The molecule has 1 aromatic heterocycles. The van der Waals surface area contributed by atoms with Crippen molar-refractivity contribution in [3.8, 4) is 0 Å². The molecule has 1 saturated heterocycles. The molecule has 0 bridgehead atoms. The molecular weight excluding hydrogens is 366 g/mol. The number of likely N-dealkylation sites (tertiary alicyclic amines) is 1. The Morgan fingerprint density at radius 2 is 2.10 bits per heavy atom. The van der Waals surface area contributed by atoms with Crippen molar-refractivity contribution >= 4 is 5.96 Å². The Bertz CT molecular complexity index is 668. The number of hydrogen-bond acceptors (Lipinski definition) is 5. The van der Waals surface area contributed by atoms with Gasteiger partial charge in [-0.25, -0.2) is 4.99 Å². The van der Waals surface area contributed by atoms with Gasteiger partial charge in [-0.2, -0.15) is 0 Å². The number of aryl methyl sites for hydroxylation is 1. The summed E-state index contributed by atoms with van der Waals surface area (Å²) >= 11 is 0. The Kier molecular flexibility index (Phi) is 7.89. The fourth-order valence-electron chi connectivity index (χ4n) is 4.07. The molecule has 29 heavy (non-hydrogen) atoms. The summed E-state index contributed by atoms with van der Waals surface area (Å²) in [7, 11) is 1.99. The predicted molar refractivity (Wildman–Crippen MR) is 116 cm³/mol. The van der Waals surface area contributed by atoms with E-state index < -0.39 is 0 Å². The summed E-state index contributed by atoms with van der Waals surface area (Å²) in [5, 5.41) is 15.6. The van der Waals surface area contributed by atoms with Gasteiger partial charge in [0.05, 0.1) is 0 Å². The van der Waals surface area contributed by atoms with E-state index in [1.54, 1.807) is 0 Å². The molecule has 8 heteroatoms. The first-order chi connectivity index (χ1) is 14.1. The van der Waals surface area contributed by atoms with E-state index in [4.69, 9.17) is 9.73 Å². The minimum absolute atomic E-state index is 0.377. The summed E-state index contributed by atoms with van der Waals surface area (Å²) in [5.41, 5.74) is 0.377. The van der Waals surface area contributed by atoms with E-state index in [9.17, 15) is 0 Å². The van der Waals surface area contributed by atoms with E-state index in [2.05, 4.69) is 39.6 Å². The Labute approximate surface area is 175 Å². The highest BCUT2D eigenvalue weighted by molar-refractivity contribution is 5.79. The van der Waals surface area contributed by atoms with Gasteiger partial charge in [0.15, 0.2) is 11.8 Å². The van der Waals surface area contributed by atoms with Crippen molar-refractivity contribution in [3.05, 3.63) is 11.6 Å². The first-order valence-electron chi connectivity index (χ1n) is 11.3. The van der Waals surface area contributed by atoms with Crippen LogP contribution in [0.25, 0.3) is 0 Å². The minimum Gasteiger partial charge on any atom is -0.382 e. The zero-order valence-corrected chi connectivity index (χ0v) is 18.7. The lowest BCUT2D eigenvalue weighted by atomic mass is 10.0. The van der Waals surface area contributed by atoms with Crippen LogP contribution in [0.5, 0.6) is 0 Å². The standard InChI is InChI=1S/C21H39N7O/c1-5-28-12-7-8-18(28)14-22-20(23-15-19-26-25-17(3)27(19)4)24-16-21(9-10-21)11-13-29-6-2/h18H,5-16H2,1-4H3,(H2,22,23,24). The lowest BCUT2D eigenvalue weighted by Crippen LogP contribution is -2.46. The molecule has 2 N–H and O–H groups in total. The van der Waals surface area contributed by atoms with Crippen molar-refractivity contribution in [2.75, 3.05) is 39.4 Å². The second-order valence-electron chi connectivity index (χ2n) is 8.49. The third-order valence-electron chi connectivity index (χ3n) is 6.54. The quantitative estimate of drug-likeness (QED) is 0.332. The van der Waals surface area contributed by atoms with Crippen LogP contribution < -0.4 is 10.6 Å². The van der Waals surface area contributed by atoms with Crippen molar-refractivity contribution in [1.29, 1.82) is 0 Å². The van der Waals surface area contributed by atoms with Gasteiger partial charge in [-0.05, 0) is 64.5 Å². The average molecular weight is 406 g/mol. The van der Waals surface area contributed by atoms with Crippen LogP contribution in [0, 0.1) is 12.3 Å². The van der Waals surface area contributed by atoms with Crippen LogP contribution in [0.3, 0.4) is 0 Å². The molecule has 2 aliphatic rings. The SMILES string of the molecule is CCOCCC1(CNC(=NCc2nnc(C)n2C)NCC2CCCN2CC)CC1. The zero-order chi connectivity index (χ0) is 20.7. The molecule has 2 heterocycles. The highest BCUT2D eigenvalue weighted by Gasteiger charge is 2.42. The topological polar surface area (TPSA) is 79.6 Å². The second-order valence-corrected chi connectivity index (χ2v) is 8.49. The van der Waals surface area contributed by atoms with Crippen molar-refractivity contribution in [2.45, 2.75) is 65.5 Å². The number of nitrogens with one attached hydrogen (secondary N) is 2.